The minimum absolute atomic E-state index is 0.0610. The van der Waals surface area contributed by atoms with Crippen molar-refractivity contribution in [3.8, 4) is 0 Å². The van der Waals surface area contributed by atoms with Crippen LogP contribution >= 0.6 is 0 Å². The molecule has 0 aliphatic rings. The molecule has 0 saturated carbocycles. The predicted molar refractivity (Wildman–Crippen MR) is 317 cm³/mol. The standard InChI is InChI=1S/C67H130O6/c1-4-7-10-13-16-19-21-23-25-27-28-29-30-31-32-33-34-35-36-37-38-40-41-43-45-48-51-54-57-60-66(69)72-63-64(62-71-65(68)59-56-53-50-47-18-15-12-9-6-3)73-67(70)61-58-55-52-49-46-44-42-39-26-24-22-20-17-14-11-8-5-2/h64H,4-63H2,1-3H3. The Hall–Kier alpha value is -1.59. The topological polar surface area (TPSA) is 78.9 Å². The zero-order valence-corrected chi connectivity index (χ0v) is 50.0. The molecule has 0 bridgehead atoms. The van der Waals surface area contributed by atoms with Gasteiger partial charge in [-0.25, -0.2) is 0 Å². The fourth-order valence-electron chi connectivity index (χ4n) is 10.6. The van der Waals surface area contributed by atoms with Crippen LogP contribution in [0.2, 0.25) is 0 Å². The SMILES string of the molecule is CCCCCCCCCCCCCCCCCCCCCCCCCCCCCCCC(=O)OCC(COC(=O)CCCCCCCCCCC)OC(=O)CCCCCCCCCCCCCCCCCCC. The average Bonchev–Trinajstić information content (AvgIpc) is 3.39. The van der Waals surface area contributed by atoms with Gasteiger partial charge in [0, 0.05) is 19.3 Å². The van der Waals surface area contributed by atoms with Gasteiger partial charge in [-0.05, 0) is 19.3 Å². The van der Waals surface area contributed by atoms with E-state index in [1.54, 1.807) is 0 Å². The highest BCUT2D eigenvalue weighted by Crippen LogP contribution is 2.19. The molecule has 0 radical (unpaired) electrons. The number of hydrogen-bond donors (Lipinski definition) is 0. The van der Waals surface area contributed by atoms with E-state index in [2.05, 4.69) is 20.8 Å². The van der Waals surface area contributed by atoms with Gasteiger partial charge in [-0.2, -0.15) is 0 Å². The Balaban J connectivity index is 4.03. The minimum atomic E-state index is -0.761. The smallest absolute Gasteiger partial charge is 0.306 e. The van der Waals surface area contributed by atoms with Crippen LogP contribution in [0.1, 0.15) is 393 Å². The van der Waals surface area contributed by atoms with E-state index in [4.69, 9.17) is 14.2 Å². The van der Waals surface area contributed by atoms with Crippen LogP contribution in [0, 0.1) is 0 Å². The summed E-state index contributed by atoms with van der Waals surface area (Å²) in [5.74, 6) is -0.831. The summed E-state index contributed by atoms with van der Waals surface area (Å²) in [6.45, 7) is 6.70. The Morgan fingerprint density at radius 1 is 0.219 bits per heavy atom. The van der Waals surface area contributed by atoms with Crippen LogP contribution in [-0.2, 0) is 28.6 Å². The van der Waals surface area contributed by atoms with Crippen LogP contribution in [0.25, 0.3) is 0 Å². The van der Waals surface area contributed by atoms with Crippen molar-refractivity contribution in [3.63, 3.8) is 0 Å². The number of carbonyl (C=O) groups excluding carboxylic acids is 3. The first-order chi connectivity index (χ1) is 36.0. The molecule has 0 aromatic carbocycles. The molecule has 0 fully saturated rings. The number of hydrogen-bond acceptors (Lipinski definition) is 6. The Morgan fingerprint density at radius 3 is 0.548 bits per heavy atom. The largest absolute Gasteiger partial charge is 0.462 e. The Bertz CT molecular complexity index is 1090. The number of esters is 3. The quantitative estimate of drug-likeness (QED) is 0.0343. The zero-order valence-electron chi connectivity index (χ0n) is 50.0. The van der Waals surface area contributed by atoms with Gasteiger partial charge in [0.25, 0.3) is 0 Å². The molecule has 73 heavy (non-hydrogen) atoms. The van der Waals surface area contributed by atoms with Crippen molar-refractivity contribution in [1.82, 2.24) is 0 Å². The second-order valence-corrected chi connectivity index (χ2v) is 23.1. The van der Waals surface area contributed by atoms with E-state index in [0.29, 0.717) is 19.3 Å². The molecule has 0 spiro atoms. The minimum Gasteiger partial charge on any atom is -0.462 e. The number of rotatable bonds is 63. The third kappa shape index (κ3) is 61.1. The second-order valence-electron chi connectivity index (χ2n) is 23.1. The highest BCUT2D eigenvalue weighted by Gasteiger charge is 2.19. The van der Waals surface area contributed by atoms with Gasteiger partial charge < -0.3 is 14.2 Å². The molecule has 1 atom stereocenters. The number of ether oxygens (including phenoxy) is 3. The van der Waals surface area contributed by atoms with Crippen molar-refractivity contribution in [2.24, 2.45) is 0 Å². The lowest BCUT2D eigenvalue weighted by molar-refractivity contribution is -0.167. The van der Waals surface area contributed by atoms with Crippen molar-refractivity contribution in [2.75, 3.05) is 13.2 Å². The lowest BCUT2D eigenvalue weighted by Crippen LogP contribution is -2.30. The predicted octanol–water partition coefficient (Wildman–Crippen LogP) is 22.7. The Kier molecular flexibility index (Phi) is 61.6. The van der Waals surface area contributed by atoms with Crippen molar-refractivity contribution in [3.05, 3.63) is 0 Å². The van der Waals surface area contributed by atoms with Gasteiger partial charge in [-0.1, -0.05) is 355 Å². The molecule has 0 aliphatic heterocycles. The summed E-state index contributed by atoms with van der Waals surface area (Å²) in [7, 11) is 0. The molecule has 0 aromatic rings. The fraction of sp³-hybridized carbons (Fsp3) is 0.955. The first kappa shape index (κ1) is 71.4. The molecule has 6 nitrogen and oxygen atoms in total. The Labute approximate surface area is 457 Å². The first-order valence-electron chi connectivity index (χ1n) is 33.5. The highest BCUT2D eigenvalue weighted by molar-refractivity contribution is 5.71. The van der Waals surface area contributed by atoms with E-state index >= 15 is 0 Å². The van der Waals surface area contributed by atoms with E-state index in [-0.39, 0.29) is 31.1 Å². The molecule has 0 rings (SSSR count). The summed E-state index contributed by atoms with van der Waals surface area (Å²) in [5, 5.41) is 0. The van der Waals surface area contributed by atoms with E-state index < -0.39 is 6.10 Å². The van der Waals surface area contributed by atoms with Crippen molar-refractivity contribution >= 4 is 17.9 Å². The highest BCUT2D eigenvalue weighted by atomic mass is 16.6. The molecule has 434 valence electrons. The molecule has 1 unspecified atom stereocenters. The van der Waals surface area contributed by atoms with Crippen LogP contribution in [0.4, 0.5) is 0 Å². The molecule has 0 amide bonds. The molecule has 0 aliphatic carbocycles. The lowest BCUT2D eigenvalue weighted by Gasteiger charge is -2.18. The van der Waals surface area contributed by atoms with Gasteiger partial charge in [0.2, 0.25) is 0 Å². The van der Waals surface area contributed by atoms with Crippen LogP contribution in [0.15, 0.2) is 0 Å². The maximum absolute atomic E-state index is 12.9. The van der Waals surface area contributed by atoms with Crippen molar-refractivity contribution in [2.45, 2.75) is 399 Å². The summed E-state index contributed by atoms with van der Waals surface area (Å²) in [4.78, 5) is 38.2. The summed E-state index contributed by atoms with van der Waals surface area (Å²) < 4.78 is 16.9. The molecule has 0 heterocycles. The Morgan fingerprint density at radius 2 is 0.370 bits per heavy atom. The molecule has 0 saturated heterocycles. The van der Waals surface area contributed by atoms with Crippen molar-refractivity contribution < 1.29 is 28.6 Å². The first-order valence-corrected chi connectivity index (χ1v) is 33.5. The van der Waals surface area contributed by atoms with Gasteiger partial charge in [0.15, 0.2) is 6.10 Å². The average molecular weight is 1030 g/mol. The molecule has 0 aromatic heterocycles. The lowest BCUT2D eigenvalue weighted by atomic mass is 10.0. The summed E-state index contributed by atoms with van der Waals surface area (Å²) in [5.41, 5.74) is 0. The van der Waals surface area contributed by atoms with Gasteiger partial charge in [0.1, 0.15) is 13.2 Å². The number of carbonyl (C=O) groups is 3. The van der Waals surface area contributed by atoms with Gasteiger partial charge in [0.05, 0.1) is 0 Å². The monoisotopic (exact) mass is 1030 g/mol. The maximum Gasteiger partial charge on any atom is 0.306 e. The summed E-state index contributed by atoms with van der Waals surface area (Å²) >= 11 is 0. The van der Waals surface area contributed by atoms with Crippen LogP contribution in [0.3, 0.4) is 0 Å². The molecule has 6 heteroatoms. The van der Waals surface area contributed by atoms with Crippen LogP contribution in [-0.4, -0.2) is 37.2 Å². The zero-order chi connectivity index (χ0) is 52.9. The third-order valence-corrected chi connectivity index (χ3v) is 15.6. The van der Waals surface area contributed by atoms with Gasteiger partial charge in [-0.15, -0.1) is 0 Å². The van der Waals surface area contributed by atoms with E-state index in [1.165, 1.54) is 295 Å². The van der Waals surface area contributed by atoms with E-state index in [9.17, 15) is 14.4 Å². The van der Waals surface area contributed by atoms with Crippen LogP contribution in [0.5, 0.6) is 0 Å². The van der Waals surface area contributed by atoms with E-state index in [1.807, 2.05) is 0 Å². The second kappa shape index (κ2) is 62.9. The maximum atomic E-state index is 12.9. The molecular weight excluding hydrogens is 901 g/mol. The normalized spacial score (nSPS) is 11.9. The van der Waals surface area contributed by atoms with E-state index in [0.717, 1.165) is 57.8 Å². The van der Waals surface area contributed by atoms with Gasteiger partial charge >= 0.3 is 17.9 Å². The van der Waals surface area contributed by atoms with Crippen molar-refractivity contribution in [1.29, 1.82) is 0 Å². The molecule has 0 N–H and O–H groups in total. The number of unbranched alkanes of at least 4 members (excludes halogenated alkanes) is 52. The fourth-order valence-corrected chi connectivity index (χ4v) is 10.6. The van der Waals surface area contributed by atoms with Gasteiger partial charge in [-0.3, -0.25) is 14.4 Å². The summed E-state index contributed by atoms with van der Waals surface area (Å²) in [6.07, 6.45) is 72.9. The third-order valence-electron chi connectivity index (χ3n) is 15.6. The summed E-state index contributed by atoms with van der Waals surface area (Å²) in [6, 6.07) is 0. The molecular formula is C67H130O6. The van der Waals surface area contributed by atoms with Crippen LogP contribution < -0.4 is 0 Å².